The zero-order valence-corrected chi connectivity index (χ0v) is 13.0. The topological polar surface area (TPSA) is 35.0 Å². The van der Waals surface area contributed by atoms with E-state index in [1.165, 1.54) is 5.56 Å². The van der Waals surface area contributed by atoms with Crippen LogP contribution in [-0.4, -0.2) is 9.97 Å². The van der Waals surface area contributed by atoms with Crippen molar-refractivity contribution in [1.29, 1.82) is 0 Å². The van der Waals surface area contributed by atoms with Crippen LogP contribution in [0.4, 0.5) is 0 Å². The summed E-state index contributed by atoms with van der Waals surface area (Å²) in [6.07, 6.45) is 0. The SMILES string of the molecule is Cc1cc(Cl)nc(COc2cc(C(C)C)ccc2C)n1. The fourth-order valence-corrected chi connectivity index (χ4v) is 2.18. The Bertz CT molecular complexity index is 591. The van der Waals surface area contributed by atoms with Gasteiger partial charge < -0.3 is 4.74 Å². The van der Waals surface area contributed by atoms with Crippen LogP contribution in [0.3, 0.4) is 0 Å². The van der Waals surface area contributed by atoms with Gasteiger partial charge in [-0.1, -0.05) is 37.6 Å². The lowest BCUT2D eigenvalue weighted by Crippen LogP contribution is -2.04. The first kappa shape index (κ1) is 14.8. The molecule has 3 nitrogen and oxygen atoms in total. The van der Waals surface area contributed by atoms with Crippen LogP contribution in [0.5, 0.6) is 5.75 Å². The molecular weight excluding hydrogens is 272 g/mol. The molecule has 0 radical (unpaired) electrons. The molecule has 2 rings (SSSR count). The maximum Gasteiger partial charge on any atom is 0.167 e. The van der Waals surface area contributed by atoms with Crippen molar-refractivity contribution in [1.82, 2.24) is 9.97 Å². The molecule has 1 heterocycles. The molecule has 0 aliphatic heterocycles. The highest BCUT2D eigenvalue weighted by molar-refractivity contribution is 6.29. The predicted octanol–water partition coefficient (Wildman–Crippen LogP) is 4.45. The summed E-state index contributed by atoms with van der Waals surface area (Å²) in [4.78, 5) is 8.48. The van der Waals surface area contributed by atoms with Crippen LogP contribution in [0, 0.1) is 13.8 Å². The fraction of sp³-hybridized carbons (Fsp3) is 0.375. The average molecular weight is 291 g/mol. The number of nitrogens with zero attached hydrogens (tertiary/aromatic N) is 2. The minimum Gasteiger partial charge on any atom is -0.485 e. The Balaban J connectivity index is 2.16. The van der Waals surface area contributed by atoms with Crippen LogP contribution in [0.25, 0.3) is 0 Å². The molecule has 0 saturated carbocycles. The van der Waals surface area contributed by atoms with Crippen molar-refractivity contribution < 1.29 is 4.74 Å². The van der Waals surface area contributed by atoms with Gasteiger partial charge >= 0.3 is 0 Å². The minimum absolute atomic E-state index is 0.323. The number of aryl methyl sites for hydroxylation is 2. The number of aromatic nitrogens is 2. The summed E-state index contributed by atoms with van der Waals surface area (Å²) in [5.74, 6) is 1.95. The lowest BCUT2D eigenvalue weighted by Gasteiger charge is -2.12. The molecular formula is C16H19ClN2O. The van der Waals surface area contributed by atoms with E-state index in [-0.39, 0.29) is 0 Å². The number of halogens is 1. The van der Waals surface area contributed by atoms with Crippen molar-refractivity contribution >= 4 is 11.6 Å². The van der Waals surface area contributed by atoms with Crippen molar-refractivity contribution in [3.8, 4) is 5.75 Å². The quantitative estimate of drug-likeness (QED) is 0.780. The zero-order valence-electron chi connectivity index (χ0n) is 12.3. The molecule has 20 heavy (non-hydrogen) atoms. The number of hydrogen-bond donors (Lipinski definition) is 0. The first-order valence-electron chi connectivity index (χ1n) is 6.69. The van der Waals surface area contributed by atoms with E-state index < -0.39 is 0 Å². The lowest BCUT2D eigenvalue weighted by atomic mass is 10.0. The maximum absolute atomic E-state index is 5.92. The molecule has 0 amide bonds. The van der Waals surface area contributed by atoms with Gasteiger partial charge in [0.05, 0.1) is 0 Å². The van der Waals surface area contributed by atoms with Gasteiger partial charge in [-0.05, 0) is 43.0 Å². The second-order valence-electron chi connectivity index (χ2n) is 5.22. The van der Waals surface area contributed by atoms with Gasteiger partial charge in [-0.25, -0.2) is 9.97 Å². The number of rotatable bonds is 4. The Morgan fingerprint density at radius 1 is 1.15 bits per heavy atom. The molecule has 0 fully saturated rings. The Morgan fingerprint density at radius 2 is 1.90 bits per heavy atom. The van der Waals surface area contributed by atoms with Crippen molar-refractivity contribution in [3.63, 3.8) is 0 Å². The van der Waals surface area contributed by atoms with E-state index in [0.29, 0.717) is 23.5 Å². The second-order valence-corrected chi connectivity index (χ2v) is 5.60. The van der Waals surface area contributed by atoms with E-state index in [9.17, 15) is 0 Å². The minimum atomic E-state index is 0.323. The predicted molar refractivity (Wildman–Crippen MR) is 81.4 cm³/mol. The van der Waals surface area contributed by atoms with Crippen molar-refractivity contribution in [3.05, 3.63) is 52.1 Å². The molecule has 0 saturated heterocycles. The number of ether oxygens (including phenoxy) is 1. The molecule has 4 heteroatoms. The van der Waals surface area contributed by atoms with Crippen LogP contribution in [0.2, 0.25) is 5.15 Å². The molecule has 0 spiro atoms. The second kappa shape index (κ2) is 6.23. The average Bonchev–Trinajstić information content (AvgIpc) is 2.36. The third kappa shape index (κ3) is 3.70. The Labute approximate surface area is 125 Å². The van der Waals surface area contributed by atoms with Crippen LogP contribution >= 0.6 is 11.6 Å². The van der Waals surface area contributed by atoms with Crippen LogP contribution in [0.15, 0.2) is 24.3 Å². The summed E-state index contributed by atoms with van der Waals surface area (Å²) in [5.41, 5.74) is 3.21. The third-order valence-corrected chi connectivity index (χ3v) is 3.30. The highest BCUT2D eigenvalue weighted by atomic mass is 35.5. The molecule has 0 unspecified atom stereocenters. The van der Waals surface area contributed by atoms with Gasteiger partial charge in [0.15, 0.2) is 5.82 Å². The van der Waals surface area contributed by atoms with Gasteiger partial charge in [-0.15, -0.1) is 0 Å². The van der Waals surface area contributed by atoms with Gasteiger partial charge in [-0.3, -0.25) is 0 Å². The molecule has 0 aliphatic carbocycles. The highest BCUT2D eigenvalue weighted by Crippen LogP contribution is 2.24. The molecule has 1 aromatic heterocycles. The van der Waals surface area contributed by atoms with E-state index in [0.717, 1.165) is 17.0 Å². The molecule has 1 aromatic carbocycles. The Hall–Kier alpha value is -1.61. The van der Waals surface area contributed by atoms with E-state index >= 15 is 0 Å². The summed E-state index contributed by atoms with van der Waals surface area (Å²) in [7, 11) is 0. The molecule has 0 atom stereocenters. The standard InChI is InChI=1S/C16H19ClN2O/c1-10(2)13-6-5-11(3)14(8-13)20-9-16-18-12(4)7-15(17)19-16/h5-8,10H,9H2,1-4H3. The maximum atomic E-state index is 5.92. The van der Waals surface area contributed by atoms with E-state index in [4.69, 9.17) is 16.3 Å². The summed E-state index contributed by atoms with van der Waals surface area (Å²) in [5, 5.41) is 0.448. The van der Waals surface area contributed by atoms with Crippen molar-refractivity contribution in [2.24, 2.45) is 0 Å². The lowest BCUT2D eigenvalue weighted by molar-refractivity contribution is 0.293. The van der Waals surface area contributed by atoms with E-state index in [2.05, 4.69) is 42.0 Å². The zero-order chi connectivity index (χ0) is 14.7. The van der Waals surface area contributed by atoms with Crippen LogP contribution < -0.4 is 4.74 Å². The number of benzene rings is 1. The molecule has 0 bridgehead atoms. The first-order chi connectivity index (χ1) is 9.45. The Kier molecular flexibility index (Phi) is 4.61. The summed E-state index contributed by atoms with van der Waals surface area (Å²) >= 11 is 5.92. The summed E-state index contributed by atoms with van der Waals surface area (Å²) in [6.45, 7) is 8.57. The van der Waals surface area contributed by atoms with Gasteiger partial charge in [0.25, 0.3) is 0 Å². The summed E-state index contributed by atoms with van der Waals surface area (Å²) in [6, 6.07) is 8.02. The Morgan fingerprint density at radius 3 is 2.55 bits per heavy atom. The monoisotopic (exact) mass is 290 g/mol. The normalized spacial score (nSPS) is 10.9. The molecule has 0 N–H and O–H groups in total. The molecule has 2 aromatic rings. The smallest absolute Gasteiger partial charge is 0.167 e. The summed E-state index contributed by atoms with van der Waals surface area (Å²) < 4.78 is 5.84. The van der Waals surface area contributed by atoms with Gasteiger partial charge in [0.1, 0.15) is 17.5 Å². The van der Waals surface area contributed by atoms with Crippen LogP contribution in [0.1, 0.15) is 42.4 Å². The van der Waals surface area contributed by atoms with Gasteiger partial charge in [0.2, 0.25) is 0 Å². The van der Waals surface area contributed by atoms with E-state index in [1.54, 1.807) is 6.07 Å². The van der Waals surface area contributed by atoms with Gasteiger partial charge in [0, 0.05) is 5.69 Å². The number of hydrogen-bond acceptors (Lipinski definition) is 3. The van der Waals surface area contributed by atoms with E-state index in [1.807, 2.05) is 13.8 Å². The van der Waals surface area contributed by atoms with Crippen molar-refractivity contribution in [2.75, 3.05) is 0 Å². The molecule has 0 aliphatic rings. The first-order valence-corrected chi connectivity index (χ1v) is 7.07. The van der Waals surface area contributed by atoms with Crippen LogP contribution in [-0.2, 0) is 6.61 Å². The highest BCUT2D eigenvalue weighted by Gasteiger charge is 2.07. The third-order valence-electron chi connectivity index (χ3n) is 3.10. The largest absolute Gasteiger partial charge is 0.485 e. The van der Waals surface area contributed by atoms with Crippen molar-refractivity contribution in [2.45, 2.75) is 40.2 Å². The fourth-order valence-electron chi connectivity index (χ4n) is 1.93. The van der Waals surface area contributed by atoms with Gasteiger partial charge in [-0.2, -0.15) is 0 Å². The molecule has 106 valence electrons.